The van der Waals surface area contributed by atoms with Gasteiger partial charge in [0.2, 0.25) is 0 Å². The molecule has 5 heteroatoms. The largest absolute Gasteiger partial charge is 0.462 e. The van der Waals surface area contributed by atoms with E-state index in [1.165, 1.54) is 0 Å². The van der Waals surface area contributed by atoms with E-state index in [1.807, 2.05) is 13.8 Å². The molecule has 0 saturated carbocycles. The number of rotatable bonds is 8. The molecular formula is C15H30N2O3. The number of aliphatic hydroxyl groups is 1. The summed E-state index contributed by atoms with van der Waals surface area (Å²) in [6.45, 7) is 9.88. The first-order valence-corrected chi connectivity index (χ1v) is 7.75. The van der Waals surface area contributed by atoms with Crippen LogP contribution in [-0.2, 0) is 9.53 Å². The number of hydrogen-bond donors (Lipinski definition) is 2. The van der Waals surface area contributed by atoms with E-state index in [0.717, 1.165) is 25.8 Å². The van der Waals surface area contributed by atoms with Crippen LogP contribution in [-0.4, -0.2) is 59.9 Å². The topological polar surface area (TPSA) is 61.8 Å². The van der Waals surface area contributed by atoms with Crippen molar-refractivity contribution in [1.29, 1.82) is 0 Å². The van der Waals surface area contributed by atoms with Crippen molar-refractivity contribution in [3.8, 4) is 0 Å². The maximum atomic E-state index is 11.8. The lowest BCUT2D eigenvalue weighted by Crippen LogP contribution is -2.40. The lowest BCUT2D eigenvalue weighted by atomic mass is 10.1. The number of nitrogens with zero attached hydrogens (tertiary/aromatic N) is 1. The zero-order valence-corrected chi connectivity index (χ0v) is 13.3. The molecule has 0 aromatic carbocycles. The number of carbonyl (C=O) groups is 1. The molecule has 0 spiro atoms. The van der Waals surface area contributed by atoms with Crippen molar-refractivity contribution in [3.63, 3.8) is 0 Å². The van der Waals surface area contributed by atoms with Crippen molar-refractivity contribution in [3.05, 3.63) is 0 Å². The van der Waals surface area contributed by atoms with Gasteiger partial charge in [-0.3, -0.25) is 9.69 Å². The quantitative estimate of drug-likeness (QED) is 0.656. The van der Waals surface area contributed by atoms with Gasteiger partial charge >= 0.3 is 5.97 Å². The summed E-state index contributed by atoms with van der Waals surface area (Å²) in [5.41, 5.74) is 0. The molecule has 1 aliphatic heterocycles. The van der Waals surface area contributed by atoms with Crippen LogP contribution < -0.4 is 5.32 Å². The predicted molar refractivity (Wildman–Crippen MR) is 79.6 cm³/mol. The van der Waals surface area contributed by atoms with Gasteiger partial charge in [-0.05, 0) is 53.5 Å². The average Bonchev–Trinajstić information content (AvgIpc) is 2.82. The number of hydrogen-bond acceptors (Lipinski definition) is 5. The minimum atomic E-state index is -0.146. The van der Waals surface area contributed by atoms with Gasteiger partial charge in [-0.2, -0.15) is 0 Å². The van der Waals surface area contributed by atoms with Gasteiger partial charge in [-0.25, -0.2) is 0 Å². The van der Waals surface area contributed by atoms with Gasteiger partial charge in [0.25, 0.3) is 0 Å². The summed E-state index contributed by atoms with van der Waals surface area (Å²) in [5.74, 6) is -0.126. The van der Waals surface area contributed by atoms with Gasteiger partial charge in [0.1, 0.15) is 6.04 Å². The van der Waals surface area contributed by atoms with Gasteiger partial charge in [-0.1, -0.05) is 0 Å². The molecule has 1 fully saturated rings. The fourth-order valence-electron chi connectivity index (χ4n) is 2.63. The normalized spacial score (nSPS) is 23.0. The van der Waals surface area contributed by atoms with Gasteiger partial charge in [-0.15, -0.1) is 0 Å². The Hall–Kier alpha value is -0.650. The molecule has 1 aliphatic rings. The van der Waals surface area contributed by atoms with Crippen LogP contribution in [0.5, 0.6) is 0 Å². The fraction of sp³-hybridized carbons (Fsp3) is 0.933. The van der Waals surface area contributed by atoms with Crippen LogP contribution in [0.4, 0.5) is 0 Å². The summed E-state index contributed by atoms with van der Waals surface area (Å²) in [6, 6.07) is 0.664. The van der Waals surface area contributed by atoms with Crippen molar-refractivity contribution < 1.29 is 14.6 Å². The Bertz CT molecular complexity index is 295. The van der Waals surface area contributed by atoms with Crippen molar-refractivity contribution >= 4 is 5.97 Å². The molecule has 0 aromatic rings. The van der Waals surface area contributed by atoms with Crippen LogP contribution in [0.1, 0.15) is 47.0 Å². The minimum Gasteiger partial charge on any atom is -0.462 e. The number of ether oxygens (including phenoxy) is 1. The highest BCUT2D eigenvalue weighted by Crippen LogP contribution is 2.17. The smallest absolute Gasteiger partial charge is 0.323 e. The zero-order valence-electron chi connectivity index (χ0n) is 13.3. The second-order valence-electron chi connectivity index (χ2n) is 6.12. The van der Waals surface area contributed by atoms with Crippen molar-refractivity contribution in [2.45, 2.75) is 71.2 Å². The Kier molecular flexibility index (Phi) is 7.48. The summed E-state index contributed by atoms with van der Waals surface area (Å²) in [6.07, 6.45) is 2.83. The van der Waals surface area contributed by atoms with E-state index >= 15 is 0 Å². The second kappa shape index (κ2) is 8.60. The van der Waals surface area contributed by atoms with E-state index in [0.29, 0.717) is 18.6 Å². The molecule has 0 aliphatic carbocycles. The Labute approximate surface area is 122 Å². The van der Waals surface area contributed by atoms with Crippen molar-refractivity contribution in [1.82, 2.24) is 10.2 Å². The molecule has 1 heterocycles. The molecule has 1 rings (SSSR count). The van der Waals surface area contributed by atoms with E-state index in [4.69, 9.17) is 9.84 Å². The standard InChI is InChI=1S/C15H30N2O3/c1-11(2)17(9-10-18)8-7-13-5-6-14(16-13)15(19)20-12(3)4/h11-14,16,18H,5-10H2,1-4H3. The summed E-state index contributed by atoms with van der Waals surface area (Å²) < 4.78 is 5.24. The molecule has 0 radical (unpaired) electrons. The molecule has 0 amide bonds. The van der Waals surface area contributed by atoms with Crippen LogP contribution >= 0.6 is 0 Å². The first-order valence-electron chi connectivity index (χ1n) is 7.75. The summed E-state index contributed by atoms with van der Waals surface area (Å²) >= 11 is 0. The Morgan fingerprint density at radius 2 is 2.00 bits per heavy atom. The van der Waals surface area contributed by atoms with E-state index in [1.54, 1.807) is 0 Å². The molecule has 0 bridgehead atoms. The Balaban J connectivity index is 2.31. The highest BCUT2D eigenvalue weighted by atomic mass is 16.5. The Morgan fingerprint density at radius 1 is 1.30 bits per heavy atom. The van der Waals surface area contributed by atoms with E-state index < -0.39 is 0 Å². The van der Waals surface area contributed by atoms with E-state index in [2.05, 4.69) is 24.1 Å². The lowest BCUT2D eigenvalue weighted by molar-refractivity contribution is -0.149. The summed E-state index contributed by atoms with van der Waals surface area (Å²) in [5, 5.41) is 12.4. The van der Waals surface area contributed by atoms with Gasteiger partial charge in [0.05, 0.1) is 12.7 Å². The van der Waals surface area contributed by atoms with Gasteiger partial charge in [0, 0.05) is 18.6 Å². The SMILES string of the molecule is CC(C)OC(=O)C1CCC(CCN(CCO)C(C)C)N1. The highest BCUT2D eigenvalue weighted by Gasteiger charge is 2.30. The lowest BCUT2D eigenvalue weighted by Gasteiger charge is -2.27. The molecule has 2 atom stereocenters. The maximum Gasteiger partial charge on any atom is 0.323 e. The van der Waals surface area contributed by atoms with E-state index in [9.17, 15) is 4.79 Å². The molecule has 1 saturated heterocycles. The monoisotopic (exact) mass is 286 g/mol. The molecular weight excluding hydrogens is 256 g/mol. The van der Waals surface area contributed by atoms with Crippen LogP contribution in [0.2, 0.25) is 0 Å². The first-order chi connectivity index (χ1) is 9.43. The average molecular weight is 286 g/mol. The zero-order chi connectivity index (χ0) is 15.1. The number of aliphatic hydroxyl groups excluding tert-OH is 1. The number of esters is 1. The van der Waals surface area contributed by atoms with Crippen LogP contribution in [0.3, 0.4) is 0 Å². The van der Waals surface area contributed by atoms with Crippen LogP contribution in [0.15, 0.2) is 0 Å². The van der Waals surface area contributed by atoms with Gasteiger partial charge in [0.15, 0.2) is 0 Å². The fourth-order valence-corrected chi connectivity index (χ4v) is 2.63. The predicted octanol–water partition coefficient (Wildman–Crippen LogP) is 1.15. The van der Waals surface area contributed by atoms with Crippen molar-refractivity contribution in [2.75, 3.05) is 19.7 Å². The van der Waals surface area contributed by atoms with E-state index in [-0.39, 0.29) is 24.7 Å². The molecule has 2 unspecified atom stereocenters. The molecule has 20 heavy (non-hydrogen) atoms. The third-order valence-corrected chi connectivity index (χ3v) is 3.76. The first kappa shape index (κ1) is 17.4. The Morgan fingerprint density at radius 3 is 2.55 bits per heavy atom. The third kappa shape index (κ3) is 5.77. The highest BCUT2D eigenvalue weighted by molar-refractivity contribution is 5.76. The van der Waals surface area contributed by atoms with Crippen molar-refractivity contribution in [2.24, 2.45) is 0 Å². The number of nitrogens with one attached hydrogen (secondary N) is 1. The second-order valence-corrected chi connectivity index (χ2v) is 6.12. The minimum absolute atomic E-state index is 0.0515. The van der Waals surface area contributed by atoms with Crippen LogP contribution in [0, 0.1) is 0 Å². The maximum absolute atomic E-state index is 11.8. The summed E-state index contributed by atoms with van der Waals surface area (Å²) in [7, 11) is 0. The van der Waals surface area contributed by atoms with Gasteiger partial charge < -0.3 is 15.2 Å². The molecule has 118 valence electrons. The number of carbonyl (C=O) groups excluding carboxylic acids is 1. The van der Waals surface area contributed by atoms with Crippen LogP contribution in [0.25, 0.3) is 0 Å². The summed E-state index contributed by atoms with van der Waals surface area (Å²) in [4.78, 5) is 14.1. The third-order valence-electron chi connectivity index (χ3n) is 3.76. The molecule has 5 nitrogen and oxygen atoms in total. The molecule has 0 aromatic heterocycles. The molecule has 2 N–H and O–H groups in total.